The molecule has 1 rings (SSSR count). The first-order chi connectivity index (χ1) is 7.60. The Morgan fingerprint density at radius 3 is 2.62 bits per heavy atom. The van der Waals surface area contributed by atoms with E-state index in [2.05, 4.69) is 5.48 Å². The van der Waals surface area contributed by atoms with E-state index in [0.717, 1.165) is 0 Å². The van der Waals surface area contributed by atoms with Crippen LogP contribution in [0.15, 0.2) is 0 Å². The molecule has 0 aromatic rings. The number of amides is 1. The lowest BCUT2D eigenvalue weighted by Gasteiger charge is -2.34. The molecule has 1 aliphatic rings. The first-order valence-electron chi connectivity index (χ1n) is 5.81. The lowest BCUT2D eigenvalue weighted by atomic mass is 9.79. The minimum atomic E-state index is -0.505. The smallest absolute Gasteiger partial charge is 0.251 e. The van der Waals surface area contributed by atoms with Crippen LogP contribution in [0.3, 0.4) is 0 Å². The van der Waals surface area contributed by atoms with Crippen LogP contribution in [0.5, 0.6) is 0 Å². The molecule has 0 spiro atoms. The van der Waals surface area contributed by atoms with Crippen molar-refractivity contribution in [3.63, 3.8) is 0 Å². The van der Waals surface area contributed by atoms with Crippen LogP contribution < -0.4 is 11.2 Å². The van der Waals surface area contributed by atoms with Gasteiger partial charge < -0.3 is 10.5 Å². The number of rotatable bonds is 5. The number of nitrogens with two attached hydrogens (primary N) is 1. The van der Waals surface area contributed by atoms with E-state index in [-0.39, 0.29) is 5.91 Å². The maximum atomic E-state index is 12.0. The van der Waals surface area contributed by atoms with Crippen LogP contribution in [0.25, 0.3) is 0 Å². The van der Waals surface area contributed by atoms with E-state index in [1.54, 1.807) is 0 Å². The summed E-state index contributed by atoms with van der Waals surface area (Å²) >= 11 is 0. The van der Waals surface area contributed by atoms with Gasteiger partial charge in [0.2, 0.25) is 0 Å². The molecule has 1 amide bonds. The van der Waals surface area contributed by atoms with E-state index in [0.29, 0.717) is 45.1 Å². The fourth-order valence-electron chi connectivity index (χ4n) is 1.67. The standard InChI is InChI=1S/C11H22N2O3/c1-9(2)7-16-13-10(14)11(8-12)3-5-15-6-4-11/h9H,3-8,12H2,1-2H3,(H,13,14). The summed E-state index contributed by atoms with van der Waals surface area (Å²) in [6, 6.07) is 0. The Labute approximate surface area is 96.6 Å². The summed E-state index contributed by atoms with van der Waals surface area (Å²) in [5.74, 6) is 0.280. The molecule has 3 N–H and O–H groups in total. The van der Waals surface area contributed by atoms with Crippen molar-refractivity contribution < 1.29 is 14.4 Å². The van der Waals surface area contributed by atoms with E-state index in [1.807, 2.05) is 13.8 Å². The van der Waals surface area contributed by atoms with E-state index in [9.17, 15) is 4.79 Å². The third-order valence-corrected chi connectivity index (χ3v) is 2.90. The number of carbonyl (C=O) groups excluding carboxylic acids is 1. The quantitative estimate of drug-likeness (QED) is 0.672. The highest BCUT2D eigenvalue weighted by Crippen LogP contribution is 2.29. The highest BCUT2D eigenvalue weighted by molar-refractivity contribution is 5.82. The molecule has 1 aliphatic heterocycles. The Morgan fingerprint density at radius 2 is 2.12 bits per heavy atom. The maximum Gasteiger partial charge on any atom is 0.251 e. The van der Waals surface area contributed by atoms with Gasteiger partial charge in [-0.2, -0.15) is 0 Å². The monoisotopic (exact) mass is 230 g/mol. The third-order valence-electron chi connectivity index (χ3n) is 2.90. The Balaban J connectivity index is 2.42. The maximum absolute atomic E-state index is 12.0. The molecule has 0 atom stereocenters. The summed E-state index contributed by atoms with van der Waals surface area (Å²) in [7, 11) is 0. The number of ether oxygens (including phenoxy) is 1. The normalized spacial score (nSPS) is 19.8. The van der Waals surface area contributed by atoms with Crippen LogP contribution in [0.4, 0.5) is 0 Å². The molecule has 94 valence electrons. The zero-order valence-electron chi connectivity index (χ0n) is 10.1. The van der Waals surface area contributed by atoms with Gasteiger partial charge in [0.15, 0.2) is 0 Å². The summed E-state index contributed by atoms with van der Waals surface area (Å²) in [4.78, 5) is 17.1. The molecule has 0 aromatic carbocycles. The van der Waals surface area contributed by atoms with E-state index < -0.39 is 5.41 Å². The number of carbonyl (C=O) groups is 1. The molecular weight excluding hydrogens is 208 g/mol. The lowest BCUT2D eigenvalue weighted by Crippen LogP contribution is -2.49. The molecule has 0 aliphatic carbocycles. The van der Waals surface area contributed by atoms with Crippen molar-refractivity contribution in [2.24, 2.45) is 17.1 Å². The topological polar surface area (TPSA) is 73.6 Å². The predicted molar refractivity (Wildman–Crippen MR) is 60.5 cm³/mol. The van der Waals surface area contributed by atoms with E-state index in [1.165, 1.54) is 0 Å². The van der Waals surface area contributed by atoms with Gasteiger partial charge in [-0.25, -0.2) is 5.48 Å². The first-order valence-corrected chi connectivity index (χ1v) is 5.81. The average Bonchev–Trinajstić information content (AvgIpc) is 2.29. The highest BCUT2D eigenvalue weighted by Gasteiger charge is 2.39. The minimum absolute atomic E-state index is 0.112. The molecule has 1 fully saturated rings. The van der Waals surface area contributed by atoms with Crippen molar-refractivity contribution in [1.82, 2.24) is 5.48 Å². The predicted octanol–water partition coefficient (Wildman–Crippen LogP) is 0.446. The number of hydroxylamine groups is 1. The SMILES string of the molecule is CC(C)CONC(=O)C1(CN)CCOCC1. The Bertz CT molecular complexity index is 225. The highest BCUT2D eigenvalue weighted by atomic mass is 16.7. The molecule has 0 saturated carbocycles. The molecule has 0 bridgehead atoms. The van der Waals surface area contributed by atoms with Crippen LogP contribution in [-0.2, 0) is 14.4 Å². The zero-order valence-corrected chi connectivity index (χ0v) is 10.1. The van der Waals surface area contributed by atoms with Crippen LogP contribution in [0, 0.1) is 11.3 Å². The third kappa shape index (κ3) is 3.43. The van der Waals surface area contributed by atoms with Gasteiger partial charge in [-0.1, -0.05) is 13.8 Å². The van der Waals surface area contributed by atoms with Gasteiger partial charge in [0.1, 0.15) is 0 Å². The van der Waals surface area contributed by atoms with Crippen LogP contribution in [-0.4, -0.2) is 32.3 Å². The van der Waals surface area contributed by atoms with Gasteiger partial charge in [0.05, 0.1) is 12.0 Å². The summed E-state index contributed by atoms with van der Waals surface area (Å²) in [5, 5.41) is 0. The molecule has 0 aromatic heterocycles. The molecule has 5 heteroatoms. The Morgan fingerprint density at radius 1 is 1.50 bits per heavy atom. The van der Waals surface area contributed by atoms with E-state index in [4.69, 9.17) is 15.3 Å². The average molecular weight is 230 g/mol. The van der Waals surface area contributed by atoms with Gasteiger partial charge in [0, 0.05) is 19.8 Å². The molecule has 1 heterocycles. The zero-order chi connectivity index (χ0) is 12.0. The summed E-state index contributed by atoms with van der Waals surface area (Å²) < 4.78 is 5.24. The second-order valence-corrected chi connectivity index (χ2v) is 4.73. The van der Waals surface area contributed by atoms with Gasteiger partial charge in [-0.05, 0) is 18.8 Å². The van der Waals surface area contributed by atoms with Crippen LogP contribution >= 0.6 is 0 Å². The second-order valence-electron chi connectivity index (χ2n) is 4.73. The van der Waals surface area contributed by atoms with Crippen molar-refractivity contribution in [2.75, 3.05) is 26.4 Å². The molecule has 0 unspecified atom stereocenters. The fourth-order valence-corrected chi connectivity index (χ4v) is 1.67. The Kier molecular flexibility index (Phi) is 5.18. The van der Waals surface area contributed by atoms with Gasteiger partial charge in [0.25, 0.3) is 5.91 Å². The van der Waals surface area contributed by atoms with Gasteiger partial charge in [-0.3, -0.25) is 9.63 Å². The Hall–Kier alpha value is -0.650. The minimum Gasteiger partial charge on any atom is -0.381 e. The molecular formula is C11H22N2O3. The van der Waals surface area contributed by atoms with Crippen LogP contribution in [0.2, 0.25) is 0 Å². The second kappa shape index (κ2) is 6.18. The van der Waals surface area contributed by atoms with Crippen molar-refractivity contribution >= 4 is 5.91 Å². The van der Waals surface area contributed by atoms with Crippen molar-refractivity contribution in [3.05, 3.63) is 0 Å². The van der Waals surface area contributed by atoms with Gasteiger partial charge >= 0.3 is 0 Å². The molecule has 0 radical (unpaired) electrons. The van der Waals surface area contributed by atoms with E-state index >= 15 is 0 Å². The van der Waals surface area contributed by atoms with Crippen molar-refractivity contribution in [2.45, 2.75) is 26.7 Å². The fraction of sp³-hybridized carbons (Fsp3) is 0.909. The number of hydrogen-bond donors (Lipinski definition) is 2. The van der Waals surface area contributed by atoms with Crippen molar-refractivity contribution in [1.29, 1.82) is 0 Å². The van der Waals surface area contributed by atoms with Crippen molar-refractivity contribution in [3.8, 4) is 0 Å². The summed E-state index contributed by atoms with van der Waals surface area (Å²) in [5.41, 5.74) is 7.69. The van der Waals surface area contributed by atoms with Gasteiger partial charge in [-0.15, -0.1) is 0 Å². The largest absolute Gasteiger partial charge is 0.381 e. The number of nitrogens with one attached hydrogen (secondary N) is 1. The molecule has 16 heavy (non-hydrogen) atoms. The first kappa shape index (κ1) is 13.4. The van der Waals surface area contributed by atoms with Crippen LogP contribution in [0.1, 0.15) is 26.7 Å². The summed E-state index contributed by atoms with van der Waals surface area (Å²) in [6.45, 7) is 6.10. The number of hydrogen-bond acceptors (Lipinski definition) is 4. The molecule has 5 nitrogen and oxygen atoms in total. The molecule has 1 saturated heterocycles. The lowest BCUT2D eigenvalue weighted by molar-refractivity contribution is -0.149. The summed E-state index contributed by atoms with van der Waals surface area (Å²) in [6.07, 6.45) is 1.33.